The van der Waals surface area contributed by atoms with Gasteiger partial charge in [0, 0.05) is 23.5 Å². The van der Waals surface area contributed by atoms with Crippen LogP contribution in [0.3, 0.4) is 0 Å². The van der Waals surface area contributed by atoms with E-state index in [4.69, 9.17) is 5.84 Å². The fourth-order valence-electron chi connectivity index (χ4n) is 2.03. The predicted molar refractivity (Wildman–Crippen MR) is 85.2 cm³/mol. The van der Waals surface area contributed by atoms with Gasteiger partial charge < -0.3 is 4.90 Å². The number of hydrazine groups is 1. The molecule has 2 N–H and O–H groups in total. The zero-order valence-electron chi connectivity index (χ0n) is 12.5. The normalized spacial score (nSPS) is 14.3. The molecule has 0 atom stereocenters. The van der Waals surface area contributed by atoms with Crippen molar-refractivity contribution in [3.63, 3.8) is 0 Å². The second-order valence-electron chi connectivity index (χ2n) is 5.07. The predicted octanol–water partition coefficient (Wildman–Crippen LogP) is 0.635. The summed E-state index contributed by atoms with van der Waals surface area (Å²) in [6.45, 7) is 0.0424. The molecule has 0 radical (unpaired) electrons. The molecule has 1 amide bonds. The second-order valence-corrected chi connectivity index (χ2v) is 6.93. The molecule has 1 aliphatic rings. The van der Waals surface area contributed by atoms with Gasteiger partial charge >= 0.3 is 0 Å². The van der Waals surface area contributed by atoms with Crippen LogP contribution < -0.4 is 5.84 Å². The molecule has 23 heavy (non-hydrogen) atoms. The van der Waals surface area contributed by atoms with Crippen LogP contribution in [-0.4, -0.2) is 42.2 Å². The molecule has 7 nitrogen and oxygen atoms in total. The van der Waals surface area contributed by atoms with Crippen molar-refractivity contribution in [3.8, 4) is 0 Å². The van der Waals surface area contributed by atoms with E-state index in [0.717, 1.165) is 6.26 Å². The maximum absolute atomic E-state index is 12.2. The number of hydrogen-bond donors (Lipinski definition) is 1. The Morgan fingerprint density at radius 1 is 1.26 bits per heavy atom. The lowest BCUT2D eigenvalue weighted by Gasteiger charge is -2.22. The molecule has 0 aliphatic carbocycles. The average Bonchev–Trinajstić information content (AvgIpc) is 2.53. The second kappa shape index (κ2) is 6.76. The minimum Gasteiger partial charge on any atom is -0.346 e. The lowest BCUT2D eigenvalue weighted by atomic mass is 10.1. The minimum atomic E-state index is -3.82. The number of sulfonamides is 1. The first-order valence-electron chi connectivity index (χ1n) is 6.79. The van der Waals surface area contributed by atoms with Crippen LogP contribution in [0.25, 0.3) is 0 Å². The monoisotopic (exact) mass is 335 g/mol. The van der Waals surface area contributed by atoms with Gasteiger partial charge in [-0.15, -0.1) is 0 Å². The van der Waals surface area contributed by atoms with Gasteiger partial charge in [-0.3, -0.25) is 9.59 Å². The molecule has 1 heterocycles. The fraction of sp³-hybridized carbons (Fsp3) is 0.200. The third-order valence-electron chi connectivity index (χ3n) is 3.21. The lowest BCUT2D eigenvalue weighted by molar-refractivity contribution is -0.123. The number of nitrogens with zero attached hydrogens (tertiary/aromatic N) is 2. The highest BCUT2D eigenvalue weighted by Crippen LogP contribution is 2.15. The molecule has 0 saturated heterocycles. The molecule has 0 fully saturated rings. The zero-order chi connectivity index (χ0) is 17.0. The standard InChI is InChI=1S/C15H17N3O4S/c1-23(21,22)18(16)15(20)13-8-5-9-17(10-13)11-14(19)12-6-3-2-4-7-12/h2-7,9-10H,8,11,16H2,1H3. The Bertz CT molecular complexity index is 769. The van der Waals surface area contributed by atoms with E-state index in [1.165, 1.54) is 11.1 Å². The Labute approximate surface area is 134 Å². The van der Waals surface area contributed by atoms with Gasteiger partial charge in [0.05, 0.1) is 12.8 Å². The van der Waals surface area contributed by atoms with E-state index < -0.39 is 15.9 Å². The summed E-state index contributed by atoms with van der Waals surface area (Å²) < 4.78 is 22.9. The smallest absolute Gasteiger partial charge is 0.279 e. The Morgan fingerprint density at radius 2 is 1.91 bits per heavy atom. The van der Waals surface area contributed by atoms with Crippen molar-refractivity contribution in [2.45, 2.75) is 6.42 Å². The number of carbonyl (C=O) groups is 2. The molecular formula is C15H17N3O4S. The van der Waals surface area contributed by atoms with Gasteiger partial charge in [0.1, 0.15) is 0 Å². The van der Waals surface area contributed by atoms with Crippen LogP contribution in [0, 0.1) is 0 Å². The SMILES string of the molecule is CS(=O)(=O)N(N)C(=O)C1=CN(CC(=O)c2ccccc2)C=CC1. The summed E-state index contributed by atoms with van der Waals surface area (Å²) in [5.74, 6) is 4.38. The maximum Gasteiger partial charge on any atom is 0.279 e. The van der Waals surface area contributed by atoms with Crippen LogP contribution in [0.1, 0.15) is 16.8 Å². The van der Waals surface area contributed by atoms with Crippen molar-refractivity contribution in [1.29, 1.82) is 0 Å². The summed E-state index contributed by atoms with van der Waals surface area (Å²) in [5, 5.41) is 0. The van der Waals surface area contributed by atoms with Crippen LogP contribution in [0.4, 0.5) is 0 Å². The van der Waals surface area contributed by atoms with E-state index in [2.05, 4.69) is 0 Å². The Kier molecular flexibility index (Phi) is 4.97. The first-order valence-corrected chi connectivity index (χ1v) is 8.64. The molecule has 1 aromatic carbocycles. The van der Waals surface area contributed by atoms with Crippen molar-refractivity contribution in [3.05, 3.63) is 59.9 Å². The number of rotatable bonds is 5. The molecule has 0 unspecified atom stereocenters. The van der Waals surface area contributed by atoms with E-state index in [9.17, 15) is 18.0 Å². The summed E-state index contributed by atoms with van der Waals surface area (Å²) in [5.41, 5.74) is 0.755. The van der Waals surface area contributed by atoms with Gasteiger partial charge in [-0.1, -0.05) is 36.4 Å². The van der Waals surface area contributed by atoms with E-state index >= 15 is 0 Å². The average molecular weight is 335 g/mol. The van der Waals surface area contributed by atoms with E-state index in [0.29, 0.717) is 5.56 Å². The summed E-state index contributed by atoms with van der Waals surface area (Å²) >= 11 is 0. The maximum atomic E-state index is 12.2. The molecule has 1 aromatic rings. The quantitative estimate of drug-likeness (QED) is 0.367. The Morgan fingerprint density at radius 3 is 2.52 bits per heavy atom. The topological polar surface area (TPSA) is 101 Å². The van der Waals surface area contributed by atoms with Crippen molar-refractivity contribution < 1.29 is 18.0 Å². The van der Waals surface area contributed by atoms with Gasteiger partial charge in [-0.25, -0.2) is 14.3 Å². The molecule has 0 bridgehead atoms. The lowest BCUT2D eigenvalue weighted by Crippen LogP contribution is -2.43. The summed E-state index contributed by atoms with van der Waals surface area (Å²) in [7, 11) is -3.82. The minimum absolute atomic E-state index is 0.0424. The van der Waals surface area contributed by atoms with Crippen LogP contribution in [0.5, 0.6) is 0 Å². The number of Topliss-reactive ketones (excluding diaryl/α,β-unsaturated/α-hetero) is 1. The first-order chi connectivity index (χ1) is 10.8. The number of amides is 1. The molecule has 0 saturated carbocycles. The number of nitrogens with two attached hydrogens (primary N) is 1. The highest BCUT2D eigenvalue weighted by atomic mass is 32.2. The number of ketones is 1. The van der Waals surface area contributed by atoms with E-state index in [-0.39, 0.29) is 28.7 Å². The third kappa shape index (κ3) is 4.27. The van der Waals surface area contributed by atoms with Gasteiger partial charge in [0.25, 0.3) is 5.91 Å². The van der Waals surface area contributed by atoms with E-state index in [1.807, 2.05) is 6.07 Å². The van der Waals surface area contributed by atoms with Gasteiger partial charge in [0.15, 0.2) is 5.78 Å². The summed E-state index contributed by atoms with van der Waals surface area (Å²) in [4.78, 5) is 25.7. The number of hydrogen-bond acceptors (Lipinski definition) is 6. The van der Waals surface area contributed by atoms with Crippen molar-refractivity contribution in [2.75, 3.05) is 12.8 Å². The van der Waals surface area contributed by atoms with Gasteiger partial charge in [-0.05, 0) is 6.42 Å². The van der Waals surface area contributed by atoms with Crippen LogP contribution in [0.2, 0.25) is 0 Å². The Hall–Kier alpha value is -2.45. The fourth-order valence-corrected chi connectivity index (χ4v) is 2.44. The van der Waals surface area contributed by atoms with Crippen LogP contribution in [-0.2, 0) is 14.8 Å². The molecule has 0 aromatic heterocycles. The highest BCUT2D eigenvalue weighted by molar-refractivity contribution is 7.88. The Balaban J connectivity index is 2.11. The van der Waals surface area contributed by atoms with Crippen molar-refractivity contribution in [2.24, 2.45) is 5.84 Å². The number of benzene rings is 1. The molecule has 0 spiro atoms. The summed E-state index contributed by atoms with van der Waals surface area (Å²) in [6.07, 6.45) is 5.87. The van der Waals surface area contributed by atoms with E-state index in [1.54, 1.807) is 36.5 Å². The van der Waals surface area contributed by atoms with Gasteiger partial charge in [0.2, 0.25) is 10.0 Å². The molecule has 122 valence electrons. The zero-order valence-corrected chi connectivity index (χ0v) is 13.4. The van der Waals surface area contributed by atoms with Crippen LogP contribution in [0.15, 0.2) is 54.4 Å². The largest absolute Gasteiger partial charge is 0.346 e. The van der Waals surface area contributed by atoms with Crippen molar-refractivity contribution in [1.82, 2.24) is 9.31 Å². The molecule has 2 rings (SSSR count). The first kappa shape index (κ1) is 16.9. The number of carbonyl (C=O) groups excluding carboxylic acids is 2. The number of allylic oxidation sites excluding steroid dienone is 1. The van der Waals surface area contributed by atoms with Gasteiger partial charge in [-0.2, -0.15) is 4.41 Å². The van der Waals surface area contributed by atoms with Crippen molar-refractivity contribution >= 4 is 21.7 Å². The van der Waals surface area contributed by atoms with Crippen LogP contribution >= 0.6 is 0 Å². The third-order valence-corrected chi connectivity index (χ3v) is 4.09. The molecule has 1 aliphatic heterocycles. The molecular weight excluding hydrogens is 318 g/mol. The summed E-state index contributed by atoms with van der Waals surface area (Å²) in [6, 6.07) is 8.76. The highest BCUT2D eigenvalue weighted by Gasteiger charge is 2.24. The molecule has 8 heteroatoms.